The van der Waals surface area contributed by atoms with Crippen LogP contribution in [0.5, 0.6) is 0 Å². The maximum absolute atomic E-state index is 12.4. The second-order valence-corrected chi connectivity index (χ2v) is 8.06. The van der Waals surface area contributed by atoms with Crippen LogP contribution < -0.4 is 5.32 Å². The molecule has 0 saturated carbocycles. The van der Waals surface area contributed by atoms with E-state index in [0.717, 1.165) is 5.56 Å². The highest BCUT2D eigenvalue weighted by atomic mass is 16.6. The maximum Gasteiger partial charge on any atom is 0.408 e. The van der Waals surface area contributed by atoms with Gasteiger partial charge < -0.3 is 14.8 Å². The first-order valence-electron chi connectivity index (χ1n) is 8.16. The summed E-state index contributed by atoms with van der Waals surface area (Å²) >= 11 is 0. The number of hydrogen-bond acceptors (Lipinski definition) is 4. The summed E-state index contributed by atoms with van der Waals surface area (Å²) in [6.07, 6.45) is -0.159. The third-order valence-electron chi connectivity index (χ3n) is 3.02. The number of carbonyl (C=O) groups excluding carboxylic acids is 2. The van der Waals surface area contributed by atoms with Gasteiger partial charge in [-0.05, 0) is 38.2 Å². The average molecular weight is 335 g/mol. The molecule has 0 saturated heterocycles. The second kappa shape index (κ2) is 8.18. The standard InChI is InChI=1S/C19H29NO4/c1-18(2,3)12-15(20-17(22)24-19(4,5)6)16(21)23-13-14-10-8-7-9-11-14/h7-11,15H,12-13H2,1-6H3,(H,20,22). The Hall–Kier alpha value is -2.04. The Balaban J connectivity index is 2.70. The van der Waals surface area contributed by atoms with Crippen LogP contribution in [0.15, 0.2) is 30.3 Å². The van der Waals surface area contributed by atoms with E-state index >= 15 is 0 Å². The minimum absolute atomic E-state index is 0.147. The predicted octanol–water partition coefficient (Wildman–Crippen LogP) is 4.06. The van der Waals surface area contributed by atoms with Gasteiger partial charge in [-0.15, -0.1) is 0 Å². The fraction of sp³-hybridized carbons (Fsp3) is 0.579. The molecule has 0 aliphatic rings. The van der Waals surface area contributed by atoms with E-state index in [0.29, 0.717) is 6.42 Å². The molecule has 0 aromatic heterocycles. The lowest BCUT2D eigenvalue weighted by Gasteiger charge is -2.27. The normalized spacial score (nSPS) is 13.1. The van der Waals surface area contributed by atoms with Crippen molar-refractivity contribution in [2.24, 2.45) is 5.41 Å². The van der Waals surface area contributed by atoms with Crippen molar-refractivity contribution in [2.45, 2.75) is 66.2 Å². The first-order chi connectivity index (χ1) is 11.0. The Morgan fingerprint density at radius 1 is 1.04 bits per heavy atom. The van der Waals surface area contributed by atoms with Gasteiger partial charge in [-0.1, -0.05) is 51.1 Å². The first-order valence-corrected chi connectivity index (χ1v) is 8.16. The molecule has 0 spiro atoms. The molecular weight excluding hydrogens is 306 g/mol. The van der Waals surface area contributed by atoms with Crippen LogP contribution in [-0.4, -0.2) is 23.7 Å². The summed E-state index contributed by atoms with van der Waals surface area (Å²) in [5.74, 6) is -0.459. The van der Waals surface area contributed by atoms with Crippen LogP contribution in [-0.2, 0) is 20.9 Å². The molecule has 5 heteroatoms. The fourth-order valence-electron chi connectivity index (χ4n) is 2.08. The highest BCUT2D eigenvalue weighted by molar-refractivity contribution is 5.81. The largest absolute Gasteiger partial charge is 0.459 e. The quantitative estimate of drug-likeness (QED) is 0.824. The summed E-state index contributed by atoms with van der Waals surface area (Å²) in [5, 5.41) is 2.63. The van der Waals surface area contributed by atoms with Crippen molar-refractivity contribution in [3.05, 3.63) is 35.9 Å². The number of benzene rings is 1. The number of nitrogens with one attached hydrogen (secondary N) is 1. The third kappa shape index (κ3) is 8.56. The van der Waals surface area contributed by atoms with Crippen LogP contribution in [0.1, 0.15) is 53.5 Å². The number of hydrogen-bond donors (Lipinski definition) is 1. The molecule has 134 valence electrons. The number of amides is 1. The molecule has 1 N–H and O–H groups in total. The van der Waals surface area contributed by atoms with Crippen molar-refractivity contribution < 1.29 is 19.1 Å². The van der Waals surface area contributed by atoms with Gasteiger partial charge >= 0.3 is 12.1 Å². The molecule has 1 rings (SSSR count). The zero-order valence-corrected chi connectivity index (χ0v) is 15.5. The molecule has 0 radical (unpaired) electrons. The fourth-order valence-corrected chi connectivity index (χ4v) is 2.08. The van der Waals surface area contributed by atoms with Crippen LogP contribution in [0.3, 0.4) is 0 Å². The van der Waals surface area contributed by atoms with Crippen LogP contribution in [0, 0.1) is 5.41 Å². The van der Waals surface area contributed by atoms with Gasteiger partial charge in [0, 0.05) is 0 Å². The Kier molecular flexibility index (Phi) is 6.81. The van der Waals surface area contributed by atoms with E-state index in [1.165, 1.54) is 0 Å². The van der Waals surface area contributed by atoms with Crippen molar-refractivity contribution >= 4 is 12.1 Å². The average Bonchev–Trinajstić information content (AvgIpc) is 2.41. The molecule has 1 amide bonds. The molecular formula is C19H29NO4. The van der Waals surface area contributed by atoms with Gasteiger partial charge in [0.25, 0.3) is 0 Å². The molecule has 1 unspecified atom stereocenters. The smallest absolute Gasteiger partial charge is 0.408 e. The molecule has 0 bridgehead atoms. The lowest BCUT2D eigenvalue weighted by molar-refractivity contribution is -0.148. The van der Waals surface area contributed by atoms with Crippen LogP contribution in [0.4, 0.5) is 4.79 Å². The van der Waals surface area contributed by atoms with E-state index < -0.39 is 23.7 Å². The molecule has 0 aliphatic heterocycles. The molecule has 1 atom stereocenters. The molecule has 0 heterocycles. The third-order valence-corrected chi connectivity index (χ3v) is 3.02. The SMILES string of the molecule is CC(C)(C)CC(NC(=O)OC(C)(C)C)C(=O)OCc1ccccc1. The zero-order valence-electron chi connectivity index (χ0n) is 15.5. The summed E-state index contributed by atoms with van der Waals surface area (Å²) < 4.78 is 10.6. The van der Waals surface area contributed by atoms with Gasteiger partial charge in [-0.2, -0.15) is 0 Å². The van der Waals surface area contributed by atoms with E-state index in [1.54, 1.807) is 20.8 Å². The van der Waals surface area contributed by atoms with Gasteiger partial charge in [-0.3, -0.25) is 0 Å². The number of ether oxygens (including phenoxy) is 2. The second-order valence-electron chi connectivity index (χ2n) is 8.06. The Morgan fingerprint density at radius 2 is 1.62 bits per heavy atom. The van der Waals surface area contributed by atoms with Gasteiger partial charge in [0.15, 0.2) is 0 Å². The van der Waals surface area contributed by atoms with E-state index in [2.05, 4.69) is 5.32 Å². The van der Waals surface area contributed by atoms with Crippen molar-refractivity contribution in [1.29, 1.82) is 0 Å². The number of carbonyl (C=O) groups is 2. The summed E-state index contributed by atoms with van der Waals surface area (Å²) in [5.41, 5.74) is 0.132. The van der Waals surface area contributed by atoms with Gasteiger partial charge in [0.2, 0.25) is 0 Å². The minimum Gasteiger partial charge on any atom is -0.459 e. The molecule has 1 aromatic rings. The van der Waals surface area contributed by atoms with Crippen LogP contribution in [0.2, 0.25) is 0 Å². The number of rotatable bonds is 5. The highest BCUT2D eigenvalue weighted by Gasteiger charge is 2.29. The summed E-state index contributed by atoms with van der Waals surface area (Å²) in [7, 11) is 0. The minimum atomic E-state index is -0.747. The van der Waals surface area contributed by atoms with Crippen LogP contribution >= 0.6 is 0 Å². The van der Waals surface area contributed by atoms with Crippen molar-refractivity contribution in [3.63, 3.8) is 0 Å². The lowest BCUT2D eigenvalue weighted by atomic mass is 9.88. The summed E-state index contributed by atoms with van der Waals surface area (Å²) in [6.45, 7) is 11.5. The Morgan fingerprint density at radius 3 is 2.12 bits per heavy atom. The van der Waals surface area contributed by atoms with Crippen molar-refractivity contribution in [2.75, 3.05) is 0 Å². The monoisotopic (exact) mass is 335 g/mol. The topological polar surface area (TPSA) is 64.6 Å². The highest BCUT2D eigenvalue weighted by Crippen LogP contribution is 2.22. The van der Waals surface area contributed by atoms with Crippen molar-refractivity contribution in [1.82, 2.24) is 5.32 Å². The Bertz CT molecular complexity index is 541. The van der Waals surface area contributed by atoms with Gasteiger partial charge in [0.1, 0.15) is 18.2 Å². The summed E-state index contributed by atoms with van der Waals surface area (Å²) in [6, 6.07) is 8.69. The lowest BCUT2D eigenvalue weighted by Crippen LogP contribution is -2.46. The molecule has 0 aliphatic carbocycles. The van der Waals surface area contributed by atoms with E-state index in [9.17, 15) is 9.59 Å². The summed E-state index contributed by atoms with van der Waals surface area (Å²) in [4.78, 5) is 24.4. The van der Waals surface area contributed by atoms with E-state index in [1.807, 2.05) is 51.1 Å². The van der Waals surface area contributed by atoms with Crippen molar-refractivity contribution in [3.8, 4) is 0 Å². The first kappa shape index (κ1) is 20.0. The molecule has 5 nitrogen and oxygen atoms in total. The molecule has 0 fully saturated rings. The van der Waals surface area contributed by atoms with E-state index in [4.69, 9.17) is 9.47 Å². The van der Waals surface area contributed by atoms with Gasteiger partial charge in [0.05, 0.1) is 0 Å². The molecule has 24 heavy (non-hydrogen) atoms. The number of esters is 1. The predicted molar refractivity (Wildman–Crippen MR) is 93.5 cm³/mol. The van der Waals surface area contributed by atoms with E-state index in [-0.39, 0.29) is 12.0 Å². The number of alkyl carbamates (subject to hydrolysis) is 1. The molecule has 1 aromatic carbocycles. The maximum atomic E-state index is 12.4. The zero-order chi connectivity index (χ0) is 18.4. The van der Waals surface area contributed by atoms with Gasteiger partial charge in [-0.25, -0.2) is 9.59 Å². The van der Waals surface area contributed by atoms with Crippen LogP contribution in [0.25, 0.3) is 0 Å². The Labute approximate surface area is 144 Å².